The van der Waals surface area contributed by atoms with Crippen molar-refractivity contribution in [2.75, 3.05) is 5.32 Å². The second kappa shape index (κ2) is 5.77. The molecule has 1 aromatic heterocycles. The van der Waals surface area contributed by atoms with Gasteiger partial charge in [-0.1, -0.05) is 11.2 Å². The first-order valence-electron chi connectivity index (χ1n) is 6.59. The average molecular weight is 297 g/mol. The molecule has 1 heterocycles. The van der Waals surface area contributed by atoms with E-state index >= 15 is 0 Å². The first kappa shape index (κ1) is 13.9. The molecule has 0 aliphatic heterocycles. The quantitative estimate of drug-likeness (QED) is 0.804. The summed E-state index contributed by atoms with van der Waals surface area (Å²) in [6.07, 6.45) is 0. The van der Waals surface area contributed by atoms with Gasteiger partial charge in [-0.2, -0.15) is 4.98 Å². The Kier molecular flexibility index (Phi) is 3.65. The Hall–Kier alpha value is -3.02. The van der Waals surface area contributed by atoms with E-state index in [1.54, 1.807) is 31.2 Å². The van der Waals surface area contributed by atoms with Gasteiger partial charge in [0.05, 0.1) is 0 Å². The topological polar surface area (TPSA) is 68.0 Å². The van der Waals surface area contributed by atoms with E-state index in [0.29, 0.717) is 28.5 Å². The smallest absolute Gasteiger partial charge is 0.257 e. The molecule has 0 aliphatic carbocycles. The van der Waals surface area contributed by atoms with E-state index < -0.39 is 0 Å². The number of carbonyl (C=O) groups excluding carboxylic acids is 1. The molecule has 2 aromatic carbocycles. The highest BCUT2D eigenvalue weighted by Gasteiger charge is 2.09. The number of halogens is 1. The molecule has 0 radical (unpaired) electrons. The Balaban J connectivity index is 1.81. The second-order valence-electron chi connectivity index (χ2n) is 4.69. The minimum atomic E-state index is -0.384. The zero-order chi connectivity index (χ0) is 15.5. The molecular formula is C16H12FN3O2. The fourth-order valence-electron chi connectivity index (χ4n) is 1.95. The minimum Gasteiger partial charge on any atom is -0.334 e. The zero-order valence-corrected chi connectivity index (χ0v) is 11.7. The van der Waals surface area contributed by atoms with Crippen molar-refractivity contribution in [3.63, 3.8) is 0 Å². The van der Waals surface area contributed by atoms with Crippen LogP contribution in [-0.2, 0) is 0 Å². The van der Waals surface area contributed by atoms with Crippen molar-refractivity contribution >= 4 is 11.6 Å². The summed E-state index contributed by atoms with van der Waals surface area (Å²) in [6.45, 7) is 1.73. The molecule has 0 spiro atoms. The van der Waals surface area contributed by atoms with Crippen LogP contribution in [0.5, 0.6) is 0 Å². The van der Waals surface area contributed by atoms with Gasteiger partial charge in [-0.15, -0.1) is 0 Å². The highest BCUT2D eigenvalue weighted by atomic mass is 19.1. The van der Waals surface area contributed by atoms with Gasteiger partial charge in [-0.25, -0.2) is 4.39 Å². The number of hydrogen-bond donors (Lipinski definition) is 1. The number of amides is 1. The highest BCUT2D eigenvalue weighted by molar-refractivity contribution is 6.04. The predicted molar refractivity (Wildman–Crippen MR) is 78.8 cm³/mol. The number of aromatic nitrogens is 2. The standard InChI is InChI=1S/C16H12FN3O2/c1-10-18-16(22-20-10)12-3-2-4-14(9-12)19-15(21)11-5-7-13(17)8-6-11/h2-9H,1H3,(H,19,21). The van der Waals surface area contributed by atoms with Crippen molar-refractivity contribution in [3.05, 3.63) is 65.7 Å². The van der Waals surface area contributed by atoms with Gasteiger partial charge in [0.25, 0.3) is 11.8 Å². The van der Waals surface area contributed by atoms with Crippen molar-refractivity contribution in [2.45, 2.75) is 6.92 Å². The van der Waals surface area contributed by atoms with Crippen LogP contribution in [0.2, 0.25) is 0 Å². The summed E-state index contributed by atoms with van der Waals surface area (Å²) in [4.78, 5) is 16.2. The molecule has 0 unspecified atom stereocenters. The lowest BCUT2D eigenvalue weighted by Crippen LogP contribution is -2.11. The lowest BCUT2D eigenvalue weighted by Gasteiger charge is -2.06. The lowest BCUT2D eigenvalue weighted by atomic mass is 10.1. The normalized spacial score (nSPS) is 10.5. The van der Waals surface area contributed by atoms with E-state index in [4.69, 9.17) is 4.52 Å². The molecule has 1 N–H and O–H groups in total. The number of carbonyl (C=O) groups is 1. The number of nitrogens with one attached hydrogen (secondary N) is 1. The monoisotopic (exact) mass is 297 g/mol. The Morgan fingerprint density at radius 1 is 1.18 bits per heavy atom. The van der Waals surface area contributed by atoms with Crippen LogP contribution in [0.3, 0.4) is 0 Å². The molecule has 0 bridgehead atoms. The summed E-state index contributed by atoms with van der Waals surface area (Å²) in [5.41, 5.74) is 1.67. The molecule has 0 aliphatic rings. The van der Waals surface area contributed by atoms with Crippen LogP contribution >= 0.6 is 0 Å². The molecule has 0 atom stereocenters. The van der Waals surface area contributed by atoms with Crippen molar-refractivity contribution in [2.24, 2.45) is 0 Å². The molecule has 22 heavy (non-hydrogen) atoms. The van der Waals surface area contributed by atoms with Crippen LogP contribution in [0.1, 0.15) is 16.2 Å². The van der Waals surface area contributed by atoms with E-state index in [1.807, 2.05) is 0 Å². The van der Waals surface area contributed by atoms with Crippen molar-refractivity contribution < 1.29 is 13.7 Å². The SMILES string of the molecule is Cc1noc(-c2cccc(NC(=O)c3ccc(F)cc3)c2)n1. The third kappa shape index (κ3) is 3.01. The molecular weight excluding hydrogens is 285 g/mol. The predicted octanol–water partition coefficient (Wildman–Crippen LogP) is 3.44. The van der Waals surface area contributed by atoms with Crippen LogP contribution in [0.25, 0.3) is 11.5 Å². The van der Waals surface area contributed by atoms with Crippen molar-refractivity contribution in [3.8, 4) is 11.5 Å². The first-order chi connectivity index (χ1) is 10.6. The second-order valence-corrected chi connectivity index (χ2v) is 4.69. The summed E-state index contributed by atoms with van der Waals surface area (Å²) in [5, 5.41) is 6.47. The van der Waals surface area contributed by atoms with Crippen LogP contribution in [-0.4, -0.2) is 16.0 Å². The van der Waals surface area contributed by atoms with E-state index in [1.165, 1.54) is 24.3 Å². The molecule has 0 saturated heterocycles. The summed E-state index contributed by atoms with van der Waals surface area (Å²) in [7, 11) is 0. The number of benzene rings is 2. The number of hydrogen-bond acceptors (Lipinski definition) is 4. The number of aryl methyl sites for hydroxylation is 1. The number of rotatable bonds is 3. The van der Waals surface area contributed by atoms with Gasteiger partial charge in [0.15, 0.2) is 5.82 Å². The zero-order valence-electron chi connectivity index (χ0n) is 11.7. The molecule has 110 valence electrons. The fraction of sp³-hybridized carbons (Fsp3) is 0.0625. The summed E-state index contributed by atoms with van der Waals surface area (Å²) < 4.78 is 18.0. The third-order valence-electron chi connectivity index (χ3n) is 3.00. The van der Waals surface area contributed by atoms with Crippen LogP contribution in [0.4, 0.5) is 10.1 Å². The van der Waals surface area contributed by atoms with Gasteiger partial charge in [0.1, 0.15) is 5.82 Å². The summed E-state index contributed by atoms with van der Waals surface area (Å²) in [6, 6.07) is 12.4. The molecule has 5 nitrogen and oxygen atoms in total. The van der Waals surface area contributed by atoms with Gasteiger partial charge >= 0.3 is 0 Å². The van der Waals surface area contributed by atoms with Gasteiger partial charge in [-0.3, -0.25) is 4.79 Å². The van der Waals surface area contributed by atoms with Gasteiger partial charge in [0, 0.05) is 16.8 Å². The Morgan fingerprint density at radius 3 is 2.64 bits per heavy atom. The minimum absolute atomic E-state index is 0.321. The summed E-state index contributed by atoms with van der Waals surface area (Å²) in [5.74, 6) is 0.218. The van der Waals surface area contributed by atoms with Crippen LogP contribution in [0.15, 0.2) is 53.1 Å². The molecule has 6 heteroatoms. The number of anilines is 1. The largest absolute Gasteiger partial charge is 0.334 e. The van der Waals surface area contributed by atoms with Crippen molar-refractivity contribution in [1.82, 2.24) is 10.1 Å². The summed E-state index contributed by atoms with van der Waals surface area (Å²) >= 11 is 0. The average Bonchev–Trinajstić information content (AvgIpc) is 2.95. The van der Waals surface area contributed by atoms with E-state index in [0.717, 1.165) is 0 Å². The molecule has 3 aromatic rings. The maximum absolute atomic E-state index is 12.9. The number of nitrogens with zero attached hydrogens (tertiary/aromatic N) is 2. The Bertz CT molecular complexity index is 812. The van der Waals surface area contributed by atoms with E-state index in [9.17, 15) is 9.18 Å². The maximum Gasteiger partial charge on any atom is 0.257 e. The van der Waals surface area contributed by atoms with Crippen LogP contribution < -0.4 is 5.32 Å². The Labute approximate surface area is 125 Å². The lowest BCUT2D eigenvalue weighted by molar-refractivity contribution is 0.102. The van der Waals surface area contributed by atoms with Gasteiger partial charge in [0.2, 0.25) is 0 Å². The molecule has 1 amide bonds. The van der Waals surface area contributed by atoms with Crippen molar-refractivity contribution in [1.29, 1.82) is 0 Å². The van der Waals surface area contributed by atoms with E-state index in [-0.39, 0.29) is 11.7 Å². The van der Waals surface area contributed by atoms with Gasteiger partial charge in [-0.05, 0) is 49.4 Å². The molecule has 0 fully saturated rings. The molecule has 0 saturated carbocycles. The maximum atomic E-state index is 12.9. The Morgan fingerprint density at radius 2 is 1.95 bits per heavy atom. The first-order valence-corrected chi connectivity index (χ1v) is 6.59. The van der Waals surface area contributed by atoms with Gasteiger partial charge < -0.3 is 9.84 Å². The fourth-order valence-corrected chi connectivity index (χ4v) is 1.95. The molecule has 3 rings (SSSR count). The third-order valence-corrected chi connectivity index (χ3v) is 3.00. The van der Waals surface area contributed by atoms with Crippen LogP contribution in [0, 0.1) is 12.7 Å². The van der Waals surface area contributed by atoms with E-state index in [2.05, 4.69) is 15.5 Å². The highest BCUT2D eigenvalue weighted by Crippen LogP contribution is 2.21.